The highest BCUT2D eigenvalue weighted by molar-refractivity contribution is 5.93. The van der Waals surface area contributed by atoms with Crippen molar-refractivity contribution in [2.45, 2.75) is 361 Å². The number of nitrogens with one attached hydrogen (secondary N) is 1. The minimum atomic E-state index is -0.734. The SMILES string of the molecule is CCCCCCCCCCCCCCC(CCCCCCCCCCCCCC)C(=O)N(CCCCCN(C)CC)C1(C(=O)NCCCCC(=O)OC(CCCCCCCC)CCCCCCCC)CCC1. The van der Waals surface area contributed by atoms with E-state index < -0.39 is 5.54 Å². The minimum absolute atomic E-state index is 0.00435. The third kappa shape index (κ3) is 36.4. The van der Waals surface area contributed by atoms with Gasteiger partial charge in [-0.3, -0.25) is 14.4 Å². The number of hydrogen-bond donors (Lipinski definition) is 1. The molecule has 0 aromatic rings. The smallest absolute Gasteiger partial charge is 0.306 e. The number of ether oxygens (including phenoxy) is 1. The monoisotopic (exact) mass is 1010 g/mol. The molecule has 0 atom stereocenters. The van der Waals surface area contributed by atoms with Gasteiger partial charge in [0.05, 0.1) is 0 Å². The molecule has 0 aromatic heterocycles. The molecule has 1 fully saturated rings. The standard InChI is InChI=1S/C65H127N3O4/c1-7-12-16-20-24-26-28-30-32-34-36-41-50-60(51-42-37-35-33-31-29-27-25-21-17-13-8-2)63(70)68(59-48-40-47-58-67(6)11-5)65(55-49-56-65)64(71)66-57-46-45-54-62(69)72-61(52-43-38-22-18-14-9-3)53-44-39-23-19-15-10-4/h60-61H,7-59H2,1-6H3,(H,66,71). The third-order valence-corrected chi connectivity index (χ3v) is 16.7. The quantitative estimate of drug-likeness (QED) is 0.0485. The maximum Gasteiger partial charge on any atom is 0.306 e. The number of esters is 1. The number of amides is 2. The Morgan fingerprint density at radius 1 is 0.444 bits per heavy atom. The van der Waals surface area contributed by atoms with Crippen LogP contribution in [0.1, 0.15) is 349 Å². The first-order valence-corrected chi connectivity index (χ1v) is 32.8. The molecule has 7 heteroatoms. The van der Waals surface area contributed by atoms with Crippen molar-refractivity contribution in [2.24, 2.45) is 5.92 Å². The van der Waals surface area contributed by atoms with Crippen LogP contribution >= 0.6 is 0 Å². The van der Waals surface area contributed by atoms with E-state index in [-0.39, 0.29) is 29.8 Å². The van der Waals surface area contributed by atoms with Gasteiger partial charge in [0.25, 0.3) is 0 Å². The fraction of sp³-hybridized carbons (Fsp3) is 0.954. The van der Waals surface area contributed by atoms with Crippen molar-refractivity contribution in [2.75, 3.05) is 33.2 Å². The molecule has 0 aliphatic heterocycles. The summed E-state index contributed by atoms with van der Waals surface area (Å²) in [5.41, 5.74) is -0.734. The van der Waals surface area contributed by atoms with Crippen LogP contribution in [-0.2, 0) is 19.1 Å². The molecule has 0 bridgehead atoms. The Hall–Kier alpha value is -1.63. The highest BCUT2D eigenvalue weighted by atomic mass is 16.5. The van der Waals surface area contributed by atoms with Crippen molar-refractivity contribution >= 4 is 17.8 Å². The lowest BCUT2D eigenvalue weighted by Gasteiger charge is -2.50. The van der Waals surface area contributed by atoms with Gasteiger partial charge in [0.15, 0.2) is 0 Å². The summed E-state index contributed by atoms with van der Waals surface area (Å²) in [6.07, 6.45) is 58.3. The van der Waals surface area contributed by atoms with E-state index in [4.69, 9.17) is 4.74 Å². The Morgan fingerprint density at radius 3 is 1.18 bits per heavy atom. The molecule has 0 aromatic carbocycles. The summed E-state index contributed by atoms with van der Waals surface area (Å²) in [5, 5.41) is 3.33. The second-order valence-corrected chi connectivity index (χ2v) is 23.3. The summed E-state index contributed by atoms with van der Waals surface area (Å²) in [6.45, 7) is 14.7. The summed E-state index contributed by atoms with van der Waals surface area (Å²) in [7, 11) is 2.19. The van der Waals surface area contributed by atoms with Crippen LogP contribution in [0.3, 0.4) is 0 Å². The van der Waals surface area contributed by atoms with Gasteiger partial charge in [-0.25, -0.2) is 0 Å². The van der Waals surface area contributed by atoms with Gasteiger partial charge in [0, 0.05) is 25.4 Å². The van der Waals surface area contributed by atoms with Crippen LogP contribution in [0.4, 0.5) is 0 Å². The molecule has 1 N–H and O–H groups in total. The fourth-order valence-corrected chi connectivity index (χ4v) is 11.3. The first-order valence-electron chi connectivity index (χ1n) is 32.8. The highest BCUT2D eigenvalue weighted by Gasteiger charge is 2.51. The maximum atomic E-state index is 15.1. The van der Waals surface area contributed by atoms with E-state index in [1.54, 1.807) is 0 Å². The van der Waals surface area contributed by atoms with E-state index in [0.717, 1.165) is 109 Å². The zero-order chi connectivity index (χ0) is 52.4. The molecule has 0 unspecified atom stereocenters. The number of rotatable bonds is 56. The second-order valence-electron chi connectivity index (χ2n) is 23.3. The second kappa shape index (κ2) is 50.2. The highest BCUT2D eigenvalue weighted by Crippen LogP contribution is 2.40. The Kier molecular flexibility index (Phi) is 47.7. The molecule has 426 valence electrons. The summed E-state index contributed by atoms with van der Waals surface area (Å²) in [5.74, 6) is 0.237. The molecule has 0 spiro atoms. The lowest BCUT2D eigenvalue weighted by Crippen LogP contribution is -2.65. The predicted molar refractivity (Wildman–Crippen MR) is 313 cm³/mol. The molecule has 7 nitrogen and oxygen atoms in total. The first kappa shape index (κ1) is 68.4. The van der Waals surface area contributed by atoms with Crippen molar-refractivity contribution in [3.8, 4) is 0 Å². The van der Waals surface area contributed by atoms with E-state index in [0.29, 0.717) is 25.9 Å². The average molecular weight is 1010 g/mol. The van der Waals surface area contributed by atoms with Gasteiger partial charge in [-0.05, 0) is 104 Å². The van der Waals surface area contributed by atoms with Gasteiger partial charge >= 0.3 is 5.97 Å². The van der Waals surface area contributed by atoms with Crippen molar-refractivity contribution < 1.29 is 19.1 Å². The Labute approximate surface area is 450 Å². The number of hydrogen-bond acceptors (Lipinski definition) is 5. The zero-order valence-electron chi connectivity index (χ0n) is 49.7. The topological polar surface area (TPSA) is 79.0 Å². The molecule has 1 aliphatic carbocycles. The van der Waals surface area contributed by atoms with Gasteiger partial charge < -0.3 is 19.9 Å². The van der Waals surface area contributed by atoms with E-state index >= 15 is 4.79 Å². The third-order valence-electron chi connectivity index (χ3n) is 16.7. The molecule has 1 saturated carbocycles. The van der Waals surface area contributed by atoms with E-state index in [9.17, 15) is 9.59 Å². The molecule has 0 radical (unpaired) electrons. The molecular formula is C65H127N3O4. The normalized spacial score (nSPS) is 13.3. The fourth-order valence-electron chi connectivity index (χ4n) is 11.3. The van der Waals surface area contributed by atoms with Crippen LogP contribution < -0.4 is 5.32 Å². The largest absolute Gasteiger partial charge is 0.462 e. The molecule has 0 heterocycles. The van der Waals surface area contributed by atoms with Crippen LogP contribution in [0.5, 0.6) is 0 Å². The van der Waals surface area contributed by atoms with Crippen LogP contribution in [0.15, 0.2) is 0 Å². The van der Waals surface area contributed by atoms with Gasteiger partial charge in [0.1, 0.15) is 11.6 Å². The van der Waals surface area contributed by atoms with Crippen molar-refractivity contribution in [3.05, 3.63) is 0 Å². The van der Waals surface area contributed by atoms with Gasteiger partial charge in [-0.1, -0.05) is 259 Å². The van der Waals surface area contributed by atoms with Crippen LogP contribution in [0.25, 0.3) is 0 Å². The van der Waals surface area contributed by atoms with Gasteiger partial charge in [-0.2, -0.15) is 0 Å². The van der Waals surface area contributed by atoms with E-state index in [1.807, 2.05) is 0 Å². The maximum absolute atomic E-state index is 15.1. The summed E-state index contributed by atoms with van der Waals surface area (Å²) < 4.78 is 6.15. The van der Waals surface area contributed by atoms with Crippen molar-refractivity contribution in [1.82, 2.24) is 15.1 Å². The Balaban J connectivity index is 2.93. The van der Waals surface area contributed by atoms with Gasteiger partial charge in [-0.15, -0.1) is 0 Å². The molecule has 72 heavy (non-hydrogen) atoms. The van der Waals surface area contributed by atoms with E-state index in [2.05, 4.69) is 56.8 Å². The van der Waals surface area contributed by atoms with Crippen LogP contribution in [-0.4, -0.2) is 72.5 Å². The minimum Gasteiger partial charge on any atom is -0.462 e. The number of carbonyl (C=O) groups excluding carboxylic acids is 3. The van der Waals surface area contributed by atoms with Crippen molar-refractivity contribution in [1.29, 1.82) is 0 Å². The Bertz CT molecular complexity index is 1160. The summed E-state index contributed by atoms with van der Waals surface area (Å²) in [4.78, 5) is 47.3. The molecule has 2 amide bonds. The molecular weight excluding hydrogens is 887 g/mol. The predicted octanol–water partition coefficient (Wildman–Crippen LogP) is 19.4. The van der Waals surface area contributed by atoms with E-state index in [1.165, 1.54) is 205 Å². The summed E-state index contributed by atoms with van der Waals surface area (Å²) >= 11 is 0. The van der Waals surface area contributed by atoms with Gasteiger partial charge in [0.2, 0.25) is 11.8 Å². The molecule has 1 aliphatic rings. The first-order chi connectivity index (χ1) is 35.3. The Morgan fingerprint density at radius 2 is 0.806 bits per heavy atom. The number of unbranched alkanes of at least 4 members (excludes halogenated alkanes) is 35. The van der Waals surface area contributed by atoms with Crippen LogP contribution in [0.2, 0.25) is 0 Å². The van der Waals surface area contributed by atoms with Crippen LogP contribution in [0, 0.1) is 5.92 Å². The lowest BCUT2D eigenvalue weighted by molar-refractivity contribution is -0.157. The number of nitrogens with zero attached hydrogens (tertiary/aromatic N) is 2. The van der Waals surface area contributed by atoms with Crippen molar-refractivity contribution in [3.63, 3.8) is 0 Å². The number of carbonyl (C=O) groups is 3. The zero-order valence-corrected chi connectivity index (χ0v) is 49.7. The molecule has 0 saturated heterocycles. The average Bonchev–Trinajstić information content (AvgIpc) is 3.36. The summed E-state index contributed by atoms with van der Waals surface area (Å²) in [6, 6.07) is 0. The molecule has 1 rings (SSSR count). The lowest BCUT2D eigenvalue weighted by atomic mass is 9.73.